The number of aromatic nitrogens is 3. The number of imidazole rings is 1. The topological polar surface area (TPSA) is 111 Å². The zero-order valence-corrected chi connectivity index (χ0v) is 25.2. The first-order valence-corrected chi connectivity index (χ1v) is 15.9. The number of benzene rings is 1. The zero-order valence-electron chi connectivity index (χ0n) is 25.2. The lowest BCUT2D eigenvalue weighted by Crippen LogP contribution is -2.44. The Morgan fingerprint density at radius 3 is 2.55 bits per heavy atom. The Labute approximate surface area is 256 Å². The van der Waals surface area contributed by atoms with E-state index in [-0.39, 0.29) is 24.1 Å². The van der Waals surface area contributed by atoms with E-state index >= 15 is 0 Å². The molecule has 232 valence electrons. The molecule has 3 fully saturated rings. The van der Waals surface area contributed by atoms with Crippen molar-refractivity contribution in [3.63, 3.8) is 0 Å². The molecule has 1 atom stereocenters. The maximum absolute atomic E-state index is 13.1. The van der Waals surface area contributed by atoms with E-state index in [0.29, 0.717) is 24.9 Å². The molecule has 4 aliphatic heterocycles. The molecule has 0 bridgehead atoms. The van der Waals surface area contributed by atoms with Crippen LogP contribution in [0.1, 0.15) is 61.7 Å². The van der Waals surface area contributed by atoms with Crippen molar-refractivity contribution in [2.24, 2.45) is 13.0 Å². The Bertz CT molecular complexity index is 1680. The van der Waals surface area contributed by atoms with Crippen LogP contribution in [0.2, 0.25) is 0 Å². The van der Waals surface area contributed by atoms with Crippen molar-refractivity contribution in [2.45, 2.75) is 56.9 Å². The minimum atomic E-state index is -0.674. The van der Waals surface area contributed by atoms with Gasteiger partial charge in [0.1, 0.15) is 12.6 Å². The molecule has 1 aromatic carbocycles. The summed E-state index contributed by atoms with van der Waals surface area (Å²) < 4.78 is 10.9. The third-order valence-corrected chi connectivity index (χ3v) is 10.1. The largest absolute Gasteiger partial charge is 0.443 e. The number of fused-ring (bicyclic) bond motifs is 2. The van der Waals surface area contributed by atoms with Gasteiger partial charge in [-0.05, 0) is 86.9 Å². The van der Waals surface area contributed by atoms with Crippen LogP contribution in [0.25, 0.3) is 16.7 Å². The molecule has 4 aliphatic rings. The molecule has 0 saturated carbocycles. The van der Waals surface area contributed by atoms with Crippen molar-refractivity contribution in [1.29, 1.82) is 0 Å². The number of carbonyl (C=O) groups excluding carboxylic acids is 3. The summed E-state index contributed by atoms with van der Waals surface area (Å²) in [4.78, 5) is 54.6. The fourth-order valence-electron chi connectivity index (χ4n) is 7.52. The molecule has 3 amide bonds. The van der Waals surface area contributed by atoms with Crippen molar-refractivity contribution in [3.05, 3.63) is 64.3 Å². The summed E-state index contributed by atoms with van der Waals surface area (Å²) >= 11 is 0. The second-order valence-electron chi connectivity index (χ2n) is 12.8. The van der Waals surface area contributed by atoms with Crippen molar-refractivity contribution in [3.8, 4) is 0 Å². The van der Waals surface area contributed by atoms with Crippen molar-refractivity contribution < 1.29 is 19.1 Å². The fourth-order valence-corrected chi connectivity index (χ4v) is 7.52. The molecule has 7 rings (SSSR count). The van der Waals surface area contributed by atoms with Gasteiger partial charge >= 0.3 is 11.8 Å². The fraction of sp³-hybridized carbons (Fsp3) is 0.515. The Morgan fingerprint density at radius 2 is 1.77 bits per heavy atom. The van der Waals surface area contributed by atoms with E-state index in [2.05, 4.69) is 39.1 Å². The van der Waals surface area contributed by atoms with Gasteiger partial charge in [0.2, 0.25) is 11.8 Å². The van der Waals surface area contributed by atoms with Crippen LogP contribution in [0.5, 0.6) is 0 Å². The highest BCUT2D eigenvalue weighted by Crippen LogP contribution is 2.32. The average Bonchev–Trinajstić information content (AvgIpc) is 3.72. The van der Waals surface area contributed by atoms with Gasteiger partial charge in [0.05, 0.1) is 16.7 Å². The number of nitrogens with zero attached hydrogens (tertiary/aromatic N) is 5. The van der Waals surface area contributed by atoms with Gasteiger partial charge in [0.25, 0.3) is 0 Å². The average molecular weight is 601 g/mol. The summed E-state index contributed by atoms with van der Waals surface area (Å²) in [6.07, 6.45) is 9.41. The number of aryl methyl sites for hydroxylation is 1. The minimum absolute atomic E-state index is 0.218. The Balaban J connectivity index is 0.909. The molecular formula is C33H40N6O5. The van der Waals surface area contributed by atoms with E-state index in [1.54, 1.807) is 16.2 Å². The van der Waals surface area contributed by atoms with Gasteiger partial charge in [0.15, 0.2) is 0 Å². The monoisotopic (exact) mass is 600 g/mol. The summed E-state index contributed by atoms with van der Waals surface area (Å²) in [5.74, 6) is 0.258. The molecule has 6 heterocycles. The highest BCUT2D eigenvalue weighted by atomic mass is 16.6. The van der Waals surface area contributed by atoms with E-state index in [0.717, 1.165) is 81.6 Å². The number of amides is 3. The predicted octanol–water partition coefficient (Wildman–Crippen LogP) is 3.24. The standard InChI is InChI=1S/C33H40N6O5/c1-35-27-7-4-24(19-29(27)39(32(35)42)28-8-9-30(40)34-31(28)41)23-12-15-36(16-13-23)20-22-10-17-37(18-11-22)33(43)44-21-26-6-5-25-3-2-14-38(25)26/h2-4,6-7,14,19,22-23,28H,5,8-13,15-18,20-21H2,1H3,(H,34,40,41). The van der Waals surface area contributed by atoms with E-state index in [4.69, 9.17) is 4.74 Å². The molecule has 1 N–H and O–H groups in total. The van der Waals surface area contributed by atoms with Gasteiger partial charge in [-0.15, -0.1) is 0 Å². The number of allylic oxidation sites excluding steroid dienone is 1. The minimum Gasteiger partial charge on any atom is -0.443 e. The van der Waals surface area contributed by atoms with Crippen LogP contribution in [-0.2, 0) is 27.8 Å². The van der Waals surface area contributed by atoms with Gasteiger partial charge in [-0.3, -0.25) is 24.0 Å². The molecule has 1 unspecified atom stereocenters. The van der Waals surface area contributed by atoms with Crippen LogP contribution in [0.15, 0.2) is 47.4 Å². The SMILES string of the molecule is Cn1c(=O)n(C2CCC(=O)NC2=O)c2cc(C3CCN(CC4CCN(C(=O)OCC5=CCc6cccn65)CC4)CC3)ccc21. The van der Waals surface area contributed by atoms with Crippen LogP contribution in [0.3, 0.4) is 0 Å². The number of ether oxygens (including phenoxy) is 1. The maximum Gasteiger partial charge on any atom is 0.410 e. The van der Waals surface area contributed by atoms with Crippen LogP contribution in [-0.4, -0.2) is 80.7 Å². The Hall–Kier alpha value is -4.12. The summed E-state index contributed by atoms with van der Waals surface area (Å²) in [5.41, 5.74) is 4.77. The normalized spacial score (nSPS) is 21.9. The molecule has 0 aliphatic carbocycles. The lowest BCUT2D eigenvalue weighted by atomic mass is 9.88. The van der Waals surface area contributed by atoms with Crippen LogP contribution in [0.4, 0.5) is 4.79 Å². The lowest BCUT2D eigenvalue weighted by molar-refractivity contribution is -0.135. The quantitative estimate of drug-likeness (QED) is 0.435. The van der Waals surface area contributed by atoms with Gasteiger partial charge in [-0.2, -0.15) is 0 Å². The van der Waals surface area contributed by atoms with E-state index in [1.807, 2.05) is 23.2 Å². The summed E-state index contributed by atoms with van der Waals surface area (Å²) in [6, 6.07) is 9.62. The molecule has 44 heavy (non-hydrogen) atoms. The first-order chi connectivity index (χ1) is 21.4. The number of rotatable bonds is 6. The molecule has 0 spiro atoms. The molecule has 0 radical (unpaired) electrons. The van der Waals surface area contributed by atoms with Crippen molar-refractivity contribution in [2.75, 3.05) is 39.3 Å². The van der Waals surface area contributed by atoms with Crippen LogP contribution < -0.4 is 11.0 Å². The highest BCUT2D eigenvalue weighted by Gasteiger charge is 2.32. The highest BCUT2D eigenvalue weighted by molar-refractivity contribution is 6.00. The second-order valence-corrected chi connectivity index (χ2v) is 12.8. The zero-order chi connectivity index (χ0) is 30.4. The summed E-state index contributed by atoms with van der Waals surface area (Å²) in [6.45, 7) is 4.85. The molecule has 3 saturated heterocycles. The smallest absolute Gasteiger partial charge is 0.410 e. The van der Waals surface area contributed by atoms with Gasteiger partial charge < -0.3 is 19.1 Å². The van der Waals surface area contributed by atoms with Gasteiger partial charge in [-0.1, -0.05) is 12.1 Å². The number of likely N-dealkylation sites (tertiary alicyclic amines) is 2. The number of piperidine rings is 3. The molecule has 11 heteroatoms. The molecule has 11 nitrogen and oxygen atoms in total. The van der Waals surface area contributed by atoms with Gasteiger partial charge in [-0.25, -0.2) is 9.59 Å². The summed E-state index contributed by atoms with van der Waals surface area (Å²) in [5, 5.41) is 2.39. The van der Waals surface area contributed by atoms with Crippen LogP contribution in [0, 0.1) is 5.92 Å². The Morgan fingerprint density at radius 1 is 0.977 bits per heavy atom. The van der Waals surface area contributed by atoms with Crippen molar-refractivity contribution in [1.82, 2.24) is 28.8 Å². The number of carbonyl (C=O) groups is 3. The molecule has 2 aromatic heterocycles. The number of hydrogen-bond acceptors (Lipinski definition) is 6. The lowest BCUT2D eigenvalue weighted by Gasteiger charge is -2.37. The van der Waals surface area contributed by atoms with Crippen LogP contribution >= 0.6 is 0 Å². The van der Waals surface area contributed by atoms with E-state index < -0.39 is 11.9 Å². The van der Waals surface area contributed by atoms with Gasteiger partial charge in [0, 0.05) is 51.4 Å². The number of hydrogen-bond donors (Lipinski definition) is 1. The van der Waals surface area contributed by atoms with E-state index in [1.165, 1.54) is 11.3 Å². The third-order valence-electron chi connectivity index (χ3n) is 10.1. The number of nitrogens with one attached hydrogen (secondary N) is 1. The summed E-state index contributed by atoms with van der Waals surface area (Å²) in [7, 11) is 1.73. The predicted molar refractivity (Wildman–Crippen MR) is 165 cm³/mol. The first-order valence-electron chi connectivity index (χ1n) is 15.9. The third kappa shape index (κ3) is 5.38. The first kappa shape index (κ1) is 28.6. The maximum atomic E-state index is 13.1. The molecule has 3 aromatic rings. The number of imide groups is 1. The van der Waals surface area contributed by atoms with E-state index in [9.17, 15) is 19.2 Å². The Kier molecular flexibility index (Phi) is 7.65. The second kappa shape index (κ2) is 11.8. The molecular weight excluding hydrogens is 560 g/mol. The van der Waals surface area contributed by atoms with Crippen molar-refractivity contribution >= 4 is 34.6 Å².